The highest BCUT2D eigenvalue weighted by Gasteiger charge is 2.68. The number of nitrogens with zero attached hydrogens (tertiary/aromatic N) is 2. The lowest BCUT2D eigenvalue weighted by atomic mass is 9.51. The van der Waals surface area contributed by atoms with Crippen LogP contribution in [0.15, 0.2) is 78.4 Å². The predicted molar refractivity (Wildman–Crippen MR) is 162 cm³/mol. The summed E-state index contributed by atoms with van der Waals surface area (Å²) in [6, 6.07) is 17.8. The fourth-order valence-corrected chi connectivity index (χ4v) is 8.27. The van der Waals surface area contributed by atoms with Crippen LogP contribution in [0.2, 0.25) is 5.02 Å². The van der Waals surface area contributed by atoms with Crippen molar-refractivity contribution in [1.82, 2.24) is 0 Å². The number of hydrogen-bond acceptors (Lipinski definition) is 5. The number of carbonyl (C=O) groups is 4. The van der Waals surface area contributed by atoms with Gasteiger partial charge in [0.2, 0.25) is 23.6 Å². The summed E-state index contributed by atoms with van der Waals surface area (Å²) in [5, 5.41) is 10.9. The minimum absolute atomic E-state index is 0.0314. The first kappa shape index (κ1) is 28.5. The number of phenols is 1. The number of fused-ring (bicyclic) bond motifs is 4. The number of allylic oxidation sites excluding steroid dienone is 2. The molecule has 6 atom stereocenters. The van der Waals surface area contributed by atoms with E-state index >= 15 is 0 Å². The molecule has 44 heavy (non-hydrogen) atoms. The third-order valence-corrected chi connectivity index (χ3v) is 10.6. The van der Waals surface area contributed by atoms with Gasteiger partial charge in [0.25, 0.3) is 0 Å². The quantitative estimate of drug-likeness (QED) is 0.280. The molecule has 2 aliphatic heterocycles. The monoisotopic (exact) mass is 612 g/mol. The average molecular weight is 613 g/mol. The minimum atomic E-state index is -1.33. The molecule has 4 aliphatic rings. The summed E-state index contributed by atoms with van der Waals surface area (Å²) >= 11 is 6.05. The molecule has 2 aliphatic carbocycles. The summed E-state index contributed by atoms with van der Waals surface area (Å²) in [6.45, 7) is 3.76. The highest BCUT2D eigenvalue weighted by molar-refractivity contribution is 6.32. The van der Waals surface area contributed by atoms with Gasteiger partial charge in [-0.3, -0.25) is 24.1 Å². The van der Waals surface area contributed by atoms with Gasteiger partial charge >= 0.3 is 0 Å². The van der Waals surface area contributed by atoms with Gasteiger partial charge in [-0.2, -0.15) is 0 Å². The van der Waals surface area contributed by atoms with E-state index in [4.69, 9.17) is 11.6 Å². The number of hydrogen-bond donors (Lipinski definition) is 1. The Balaban J connectivity index is 1.35. The molecule has 2 saturated heterocycles. The molecule has 224 valence electrons. The van der Waals surface area contributed by atoms with Crippen molar-refractivity contribution in [2.45, 2.75) is 39.0 Å². The highest BCUT2D eigenvalue weighted by atomic mass is 35.5. The Kier molecular flexibility index (Phi) is 6.55. The molecule has 0 bridgehead atoms. The van der Waals surface area contributed by atoms with Crippen molar-refractivity contribution in [3.63, 3.8) is 0 Å². The number of para-hydroxylation sites is 1. The summed E-state index contributed by atoms with van der Waals surface area (Å²) in [4.78, 5) is 58.8. The fourth-order valence-electron chi connectivity index (χ4n) is 8.10. The van der Waals surface area contributed by atoms with E-state index in [-0.39, 0.29) is 34.7 Å². The predicted octanol–water partition coefficient (Wildman–Crippen LogP) is 6.18. The van der Waals surface area contributed by atoms with Crippen molar-refractivity contribution in [1.29, 1.82) is 0 Å². The van der Waals surface area contributed by atoms with Crippen molar-refractivity contribution < 1.29 is 28.7 Å². The molecule has 0 aromatic heterocycles. The number of amides is 4. The van der Waals surface area contributed by atoms with Crippen molar-refractivity contribution in [2.75, 3.05) is 9.80 Å². The van der Waals surface area contributed by atoms with E-state index in [1.54, 1.807) is 37.3 Å². The van der Waals surface area contributed by atoms with Gasteiger partial charge in [-0.15, -0.1) is 0 Å². The molecular weight excluding hydrogens is 583 g/mol. The average Bonchev–Trinajstić information content (AvgIpc) is 3.38. The van der Waals surface area contributed by atoms with Crippen LogP contribution >= 0.6 is 11.6 Å². The molecule has 6 unspecified atom stereocenters. The van der Waals surface area contributed by atoms with E-state index < -0.39 is 52.6 Å². The van der Waals surface area contributed by atoms with E-state index in [0.29, 0.717) is 17.7 Å². The SMILES string of the molecule is CCc1ccc(N2C(=O)C3CC=C4C(CC5C(=O)N(c6ccc(F)c(Cl)c6)C(=O)C5(C)C4c4ccccc4O)C3C2=O)cc1. The van der Waals surface area contributed by atoms with Crippen molar-refractivity contribution >= 4 is 46.6 Å². The number of aromatic hydroxyl groups is 1. The Morgan fingerprint density at radius 3 is 2.30 bits per heavy atom. The largest absolute Gasteiger partial charge is 0.508 e. The number of benzene rings is 3. The van der Waals surface area contributed by atoms with Crippen LogP contribution in [0, 0.1) is 34.9 Å². The molecule has 7 rings (SSSR count). The summed E-state index contributed by atoms with van der Waals surface area (Å²) in [6.07, 6.45) is 3.24. The molecule has 0 spiro atoms. The van der Waals surface area contributed by atoms with Gasteiger partial charge in [-0.1, -0.05) is 60.5 Å². The lowest BCUT2D eigenvalue weighted by Gasteiger charge is -2.49. The maximum absolute atomic E-state index is 14.4. The maximum atomic E-state index is 14.4. The first-order valence-electron chi connectivity index (χ1n) is 14.9. The zero-order valence-corrected chi connectivity index (χ0v) is 24.9. The van der Waals surface area contributed by atoms with Gasteiger partial charge in [-0.25, -0.2) is 9.29 Å². The summed E-state index contributed by atoms with van der Waals surface area (Å²) in [7, 11) is 0. The molecule has 4 amide bonds. The van der Waals surface area contributed by atoms with Crippen molar-refractivity contribution in [3.8, 4) is 5.75 Å². The van der Waals surface area contributed by atoms with Crippen LogP contribution in [0.5, 0.6) is 5.75 Å². The standard InChI is InChI=1S/C35H30ClFN2O5/c1-3-18-8-10-19(11-9-18)38-31(41)23-14-13-21-24(29(23)33(38)43)17-25-32(42)39(20-12-15-27(37)26(36)16-20)34(44)35(25,2)30(21)22-6-4-5-7-28(22)40/h4-13,15-16,23-25,29-30,40H,3,14,17H2,1-2H3. The summed E-state index contributed by atoms with van der Waals surface area (Å²) < 4.78 is 14.0. The van der Waals surface area contributed by atoms with Crippen molar-refractivity contribution in [2.24, 2.45) is 29.1 Å². The lowest BCUT2D eigenvalue weighted by molar-refractivity contribution is -0.131. The van der Waals surface area contributed by atoms with Crippen LogP contribution in [-0.4, -0.2) is 28.7 Å². The zero-order valence-electron chi connectivity index (χ0n) is 24.2. The second-order valence-corrected chi connectivity index (χ2v) is 12.8. The van der Waals surface area contributed by atoms with Crippen molar-refractivity contribution in [3.05, 3.63) is 100 Å². The maximum Gasteiger partial charge on any atom is 0.241 e. The molecule has 9 heteroatoms. The highest BCUT2D eigenvalue weighted by Crippen LogP contribution is 2.64. The Labute approximate surface area is 258 Å². The Hall–Kier alpha value is -4.30. The Bertz CT molecular complexity index is 1790. The van der Waals surface area contributed by atoms with E-state index in [0.717, 1.165) is 28.5 Å². The fraction of sp³-hybridized carbons (Fsp3) is 0.314. The van der Waals surface area contributed by atoms with Gasteiger partial charge in [0, 0.05) is 11.5 Å². The summed E-state index contributed by atoms with van der Waals surface area (Å²) in [5.41, 5.74) is 1.67. The number of halogens is 2. The molecule has 3 aromatic carbocycles. The zero-order chi connectivity index (χ0) is 31.1. The van der Waals surface area contributed by atoms with Crippen LogP contribution in [0.3, 0.4) is 0 Å². The first-order valence-corrected chi connectivity index (χ1v) is 15.2. The van der Waals surface area contributed by atoms with Crippen LogP contribution in [0.4, 0.5) is 15.8 Å². The molecule has 2 heterocycles. The van der Waals surface area contributed by atoms with Gasteiger partial charge < -0.3 is 5.11 Å². The van der Waals surface area contributed by atoms with Crippen LogP contribution in [0.25, 0.3) is 0 Å². The van der Waals surface area contributed by atoms with Gasteiger partial charge in [0.05, 0.1) is 39.6 Å². The van der Waals surface area contributed by atoms with Crippen LogP contribution in [-0.2, 0) is 25.6 Å². The molecule has 0 radical (unpaired) electrons. The van der Waals surface area contributed by atoms with Crippen LogP contribution in [0.1, 0.15) is 43.7 Å². The molecule has 7 nitrogen and oxygen atoms in total. The Morgan fingerprint density at radius 2 is 1.61 bits per heavy atom. The molecule has 3 fully saturated rings. The number of anilines is 2. The second kappa shape index (κ2) is 10.1. The number of aryl methyl sites for hydroxylation is 1. The second-order valence-electron chi connectivity index (χ2n) is 12.4. The topological polar surface area (TPSA) is 95.0 Å². The number of imide groups is 2. The number of phenolic OH excluding ortho intramolecular Hbond substituents is 1. The Morgan fingerprint density at radius 1 is 0.909 bits per heavy atom. The summed E-state index contributed by atoms with van der Waals surface area (Å²) in [5.74, 6) is -5.72. The van der Waals surface area contributed by atoms with E-state index in [1.807, 2.05) is 25.1 Å². The number of rotatable bonds is 4. The normalized spacial score (nSPS) is 29.5. The molecular formula is C35H30ClFN2O5. The third kappa shape index (κ3) is 3.86. The van der Waals surface area contributed by atoms with Crippen LogP contribution < -0.4 is 9.80 Å². The van der Waals surface area contributed by atoms with E-state index in [1.165, 1.54) is 23.1 Å². The molecule has 1 N–H and O–H groups in total. The smallest absolute Gasteiger partial charge is 0.241 e. The van der Waals surface area contributed by atoms with Gasteiger partial charge in [0.1, 0.15) is 11.6 Å². The van der Waals surface area contributed by atoms with E-state index in [2.05, 4.69) is 0 Å². The molecule has 3 aromatic rings. The van der Waals surface area contributed by atoms with Gasteiger partial charge in [0.15, 0.2) is 0 Å². The van der Waals surface area contributed by atoms with E-state index in [9.17, 15) is 28.7 Å². The first-order chi connectivity index (χ1) is 21.1. The minimum Gasteiger partial charge on any atom is -0.508 e. The molecule has 1 saturated carbocycles. The third-order valence-electron chi connectivity index (χ3n) is 10.3. The number of carbonyl (C=O) groups excluding carboxylic acids is 4. The van der Waals surface area contributed by atoms with Gasteiger partial charge in [-0.05, 0) is 74.1 Å². The lowest BCUT2D eigenvalue weighted by Crippen LogP contribution is -2.48.